The van der Waals surface area contributed by atoms with E-state index in [-0.39, 0.29) is 28.0 Å². The number of aryl methyl sites for hydroxylation is 1. The van der Waals surface area contributed by atoms with E-state index < -0.39 is 9.84 Å². The number of allylic oxidation sites excluding steroid dienone is 3. The topological polar surface area (TPSA) is 53.5 Å². The van der Waals surface area contributed by atoms with Crippen LogP contribution in [0.3, 0.4) is 0 Å². The Kier molecular flexibility index (Phi) is 9.82. The lowest BCUT2D eigenvalue weighted by Gasteiger charge is -2.29. The number of halogens is 2. The number of pyridine rings is 1. The summed E-state index contributed by atoms with van der Waals surface area (Å²) in [6, 6.07) is 13.5. The van der Waals surface area contributed by atoms with Crippen molar-refractivity contribution in [2.24, 2.45) is 0 Å². The highest BCUT2D eigenvalue weighted by molar-refractivity contribution is 9.10. The predicted octanol–water partition coefficient (Wildman–Crippen LogP) is 8.15. The monoisotopic (exact) mass is 663 g/mol. The van der Waals surface area contributed by atoms with Crippen LogP contribution in [0, 0.1) is 12.7 Å². The van der Waals surface area contributed by atoms with Crippen molar-refractivity contribution in [3.63, 3.8) is 0 Å². The van der Waals surface area contributed by atoms with Gasteiger partial charge in [-0.15, -0.1) is 0 Å². The van der Waals surface area contributed by atoms with Crippen LogP contribution in [0.1, 0.15) is 54.1 Å². The SMILES string of the molecule is C=C1/C(=C\N(C)C)C/C(C(=C)S(=O)(=O)c2ccc(Br)cc2)=C(/N(C)CC)c2cnc(C)c(c2)CC(C)c2cc(F)ccc21. The summed E-state index contributed by atoms with van der Waals surface area (Å²) < 4.78 is 43.8. The maximum atomic E-state index is 14.7. The predicted molar refractivity (Wildman–Crippen MR) is 179 cm³/mol. The Hall–Kier alpha value is -3.49. The first kappa shape index (κ1) is 32.4. The average molecular weight is 665 g/mol. The van der Waals surface area contributed by atoms with Crippen molar-refractivity contribution in [1.29, 1.82) is 0 Å². The first-order valence-electron chi connectivity index (χ1n) is 14.2. The van der Waals surface area contributed by atoms with Crippen molar-refractivity contribution in [1.82, 2.24) is 14.8 Å². The molecule has 43 heavy (non-hydrogen) atoms. The summed E-state index contributed by atoms with van der Waals surface area (Å²) in [5.74, 6) is -0.338. The third-order valence-electron chi connectivity index (χ3n) is 7.96. The van der Waals surface area contributed by atoms with Gasteiger partial charge >= 0.3 is 0 Å². The Bertz CT molecular complexity index is 1740. The minimum absolute atomic E-state index is 0.00876. The van der Waals surface area contributed by atoms with Crippen LogP contribution >= 0.6 is 15.9 Å². The van der Waals surface area contributed by atoms with Gasteiger partial charge in [-0.2, -0.15) is 0 Å². The lowest BCUT2D eigenvalue weighted by molar-refractivity contribution is 0.504. The molecule has 4 rings (SSSR count). The molecule has 226 valence electrons. The van der Waals surface area contributed by atoms with Gasteiger partial charge in [-0.05, 0) is 102 Å². The number of fused-ring (bicyclic) bond motifs is 3. The molecule has 0 fully saturated rings. The Morgan fingerprint density at radius 3 is 2.44 bits per heavy atom. The fraction of sp³-hybridized carbons (Fsp3) is 0.286. The van der Waals surface area contributed by atoms with Gasteiger partial charge in [0.2, 0.25) is 9.84 Å². The molecule has 0 aliphatic heterocycles. The summed E-state index contributed by atoms with van der Waals surface area (Å²) in [6.45, 7) is 15.4. The number of nitrogens with zero attached hydrogens (tertiary/aromatic N) is 3. The second kappa shape index (κ2) is 13.0. The van der Waals surface area contributed by atoms with Gasteiger partial charge in [0, 0.05) is 62.2 Å². The van der Waals surface area contributed by atoms with Crippen LogP contribution in [0.25, 0.3) is 11.3 Å². The smallest absolute Gasteiger partial charge is 0.206 e. The zero-order valence-electron chi connectivity index (χ0n) is 25.7. The lowest BCUT2D eigenvalue weighted by atomic mass is 9.83. The molecule has 1 aromatic heterocycles. The van der Waals surface area contributed by atoms with E-state index in [1.165, 1.54) is 6.07 Å². The molecule has 0 spiro atoms. The highest BCUT2D eigenvalue weighted by atomic mass is 79.9. The average Bonchev–Trinajstić information content (AvgIpc) is 2.96. The van der Waals surface area contributed by atoms with Crippen molar-refractivity contribution in [3.8, 4) is 0 Å². The first-order chi connectivity index (χ1) is 20.2. The van der Waals surface area contributed by atoms with Crippen LogP contribution in [0.2, 0.25) is 0 Å². The van der Waals surface area contributed by atoms with E-state index in [0.717, 1.165) is 43.7 Å². The molecule has 1 aliphatic carbocycles. The minimum Gasteiger partial charge on any atom is -0.383 e. The summed E-state index contributed by atoms with van der Waals surface area (Å²) in [7, 11) is 1.79. The van der Waals surface area contributed by atoms with E-state index in [1.807, 2.05) is 51.0 Å². The summed E-state index contributed by atoms with van der Waals surface area (Å²) in [5.41, 5.74) is 7.16. The normalized spacial score (nSPS) is 18.5. The second-order valence-electron chi connectivity index (χ2n) is 11.3. The van der Waals surface area contributed by atoms with E-state index in [2.05, 4.69) is 42.1 Å². The molecule has 1 unspecified atom stereocenters. The number of hydrogen-bond donors (Lipinski definition) is 0. The van der Waals surface area contributed by atoms with E-state index in [9.17, 15) is 12.8 Å². The highest BCUT2D eigenvalue weighted by Crippen LogP contribution is 2.41. The quantitative estimate of drug-likeness (QED) is 0.266. The Labute approximate surface area is 264 Å². The molecule has 1 atom stereocenters. The molecule has 8 heteroatoms. The highest BCUT2D eigenvalue weighted by Gasteiger charge is 2.29. The largest absolute Gasteiger partial charge is 0.383 e. The Morgan fingerprint density at radius 2 is 1.81 bits per heavy atom. The first-order valence-corrected chi connectivity index (χ1v) is 16.5. The van der Waals surface area contributed by atoms with Crippen molar-refractivity contribution in [3.05, 3.63) is 128 Å². The van der Waals surface area contributed by atoms with Gasteiger partial charge in [0.05, 0.1) is 15.5 Å². The van der Waals surface area contributed by atoms with Gasteiger partial charge in [0.25, 0.3) is 0 Å². The Balaban J connectivity index is 2.10. The molecule has 0 saturated carbocycles. The van der Waals surface area contributed by atoms with Crippen molar-refractivity contribution >= 4 is 37.0 Å². The zero-order chi connectivity index (χ0) is 31.6. The van der Waals surface area contributed by atoms with Gasteiger partial charge in [-0.25, -0.2) is 12.8 Å². The molecule has 0 saturated heterocycles. The van der Waals surface area contributed by atoms with E-state index in [1.54, 1.807) is 42.6 Å². The molecule has 1 aliphatic rings. The molecule has 5 nitrogen and oxygen atoms in total. The van der Waals surface area contributed by atoms with Crippen molar-refractivity contribution < 1.29 is 12.8 Å². The molecule has 0 N–H and O–H groups in total. The minimum atomic E-state index is -3.98. The maximum absolute atomic E-state index is 14.7. The third kappa shape index (κ3) is 6.86. The summed E-state index contributed by atoms with van der Waals surface area (Å²) in [5, 5.41) is 0. The number of aromatic nitrogens is 1. The number of benzene rings is 2. The van der Waals surface area contributed by atoms with Crippen LogP contribution in [0.4, 0.5) is 4.39 Å². The zero-order valence-corrected chi connectivity index (χ0v) is 28.1. The van der Waals surface area contributed by atoms with Gasteiger partial charge in [0.15, 0.2) is 0 Å². The van der Waals surface area contributed by atoms with Crippen LogP contribution < -0.4 is 0 Å². The lowest BCUT2D eigenvalue weighted by Crippen LogP contribution is -2.21. The molecule has 0 amide bonds. The molecular weight excluding hydrogens is 625 g/mol. The fourth-order valence-electron chi connectivity index (χ4n) is 5.49. The van der Waals surface area contributed by atoms with Crippen LogP contribution in [-0.4, -0.2) is 50.9 Å². The van der Waals surface area contributed by atoms with Gasteiger partial charge in [-0.3, -0.25) is 4.98 Å². The number of hydrogen-bond acceptors (Lipinski definition) is 5. The maximum Gasteiger partial charge on any atom is 0.206 e. The molecular formula is C35H39BrFN3O2S. The van der Waals surface area contributed by atoms with Crippen LogP contribution in [-0.2, 0) is 16.3 Å². The summed E-state index contributed by atoms with van der Waals surface area (Å²) in [4.78, 5) is 8.88. The Morgan fingerprint density at radius 1 is 1.14 bits per heavy atom. The van der Waals surface area contributed by atoms with Gasteiger partial charge in [-0.1, -0.05) is 42.1 Å². The second-order valence-corrected chi connectivity index (χ2v) is 14.2. The van der Waals surface area contributed by atoms with E-state index >= 15 is 0 Å². The van der Waals surface area contributed by atoms with Crippen molar-refractivity contribution in [2.45, 2.75) is 44.4 Å². The van der Waals surface area contributed by atoms with E-state index in [4.69, 9.17) is 4.98 Å². The van der Waals surface area contributed by atoms with Crippen LogP contribution in [0.15, 0.2) is 99.5 Å². The molecule has 0 radical (unpaired) electrons. The number of rotatable bonds is 6. The van der Waals surface area contributed by atoms with E-state index in [0.29, 0.717) is 24.1 Å². The third-order valence-corrected chi connectivity index (χ3v) is 10.3. The fourth-order valence-corrected chi connectivity index (χ4v) is 7.03. The van der Waals surface area contributed by atoms with Crippen molar-refractivity contribution in [2.75, 3.05) is 27.7 Å². The standard InChI is InChI=1S/C35H39BrFN3O2S/c1-9-40(8)35-27-17-26(24(4)38-20-27)16-22(2)33-19-30(37)12-15-32(33)23(3)28(21-39(6)7)18-34(35)25(5)43(41,42)31-13-10-29(36)11-14-31/h10-15,17,19-22H,3,5,9,16,18H2,1-2,4,6-8H3/b28-21-,35-34-. The molecule has 3 aromatic rings. The molecule has 2 bridgehead atoms. The summed E-state index contributed by atoms with van der Waals surface area (Å²) in [6.07, 6.45) is 4.60. The molecule has 2 aromatic carbocycles. The summed E-state index contributed by atoms with van der Waals surface area (Å²) >= 11 is 3.40. The van der Waals surface area contributed by atoms with Gasteiger partial charge in [0.1, 0.15) is 5.82 Å². The van der Waals surface area contributed by atoms with Crippen LogP contribution in [0.5, 0.6) is 0 Å². The van der Waals surface area contributed by atoms with Gasteiger partial charge < -0.3 is 9.80 Å². The molecule has 1 heterocycles. The number of sulfone groups is 1.